The highest BCUT2D eigenvalue weighted by Crippen LogP contribution is 2.19. The Bertz CT molecular complexity index is 168. The lowest BCUT2D eigenvalue weighted by molar-refractivity contribution is 0.0687. The fourth-order valence-electron chi connectivity index (χ4n) is 1.47. The topological polar surface area (TPSA) is 59.6 Å². The van der Waals surface area contributed by atoms with Crippen LogP contribution in [0.4, 0.5) is 0 Å². The van der Waals surface area contributed by atoms with E-state index in [1.807, 2.05) is 0 Å². The summed E-state index contributed by atoms with van der Waals surface area (Å²) in [6, 6.07) is 0. The Kier molecular flexibility index (Phi) is 1.35. The van der Waals surface area contributed by atoms with Gasteiger partial charge in [-0.2, -0.15) is 0 Å². The highest BCUT2D eigenvalue weighted by molar-refractivity contribution is 5.91. The van der Waals surface area contributed by atoms with Crippen LogP contribution in [0.25, 0.3) is 0 Å². The monoisotopic (exact) mass is 141 g/mol. The average molecular weight is 141 g/mol. The van der Waals surface area contributed by atoms with Crippen molar-refractivity contribution < 1.29 is 4.84 Å². The molecule has 2 rings (SSSR count). The smallest absolute Gasteiger partial charge is 0.149 e. The van der Waals surface area contributed by atoms with Crippen LogP contribution < -0.4 is 11.1 Å². The summed E-state index contributed by atoms with van der Waals surface area (Å²) in [4.78, 5) is 5.09. The summed E-state index contributed by atoms with van der Waals surface area (Å²) >= 11 is 0. The van der Waals surface area contributed by atoms with Gasteiger partial charge in [-0.3, -0.25) is 0 Å². The lowest BCUT2D eigenvalue weighted by Crippen LogP contribution is -2.30. The number of nitrogens with one attached hydrogen (secondary N) is 1. The van der Waals surface area contributed by atoms with Gasteiger partial charge in [-0.15, -0.1) is 0 Å². The predicted molar refractivity (Wildman–Crippen MR) is 37.7 cm³/mol. The third-order valence-corrected chi connectivity index (χ3v) is 2.08. The first-order valence-corrected chi connectivity index (χ1v) is 3.55. The summed E-state index contributed by atoms with van der Waals surface area (Å²) in [7, 11) is 0. The maximum absolute atomic E-state index is 5.46. The van der Waals surface area contributed by atoms with E-state index in [0.29, 0.717) is 12.5 Å². The summed E-state index contributed by atoms with van der Waals surface area (Å²) in [6.07, 6.45) is 0.130. The summed E-state index contributed by atoms with van der Waals surface area (Å²) in [5.74, 6) is 0.449. The molecule has 0 aromatic heterocycles. The second-order valence-electron chi connectivity index (χ2n) is 2.70. The predicted octanol–water partition coefficient (Wildman–Crippen LogP) is -1.08. The second kappa shape index (κ2) is 2.21. The molecule has 56 valence electrons. The third kappa shape index (κ3) is 0.726. The van der Waals surface area contributed by atoms with Gasteiger partial charge in [0.1, 0.15) is 6.10 Å². The zero-order chi connectivity index (χ0) is 6.97. The minimum absolute atomic E-state index is 0.130. The summed E-state index contributed by atoms with van der Waals surface area (Å²) < 4.78 is 0. The Labute approximate surface area is 59.4 Å². The summed E-state index contributed by atoms with van der Waals surface area (Å²) in [5, 5.41) is 7.15. The average Bonchev–Trinajstić information content (AvgIpc) is 2.44. The molecule has 0 aromatic rings. The fourth-order valence-corrected chi connectivity index (χ4v) is 1.47. The summed E-state index contributed by atoms with van der Waals surface area (Å²) in [6.45, 7) is 2.42. The van der Waals surface area contributed by atoms with Crippen LogP contribution in [0.5, 0.6) is 0 Å². The molecule has 4 heteroatoms. The van der Waals surface area contributed by atoms with E-state index in [0.717, 1.165) is 18.8 Å². The van der Waals surface area contributed by atoms with E-state index in [2.05, 4.69) is 10.5 Å². The Morgan fingerprint density at radius 1 is 1.80 bits per heavy atom. The minimum Gasteiger partial charge on any atom is -0.390 e. The molecular formula is C6H11N3O. The normalized spacial score (nSPS) is 37.1. The fraction of sp³-hybridized carbons (Fsp3) is 0.833. The molecular weight excluding hydrogens is 130 g/mol. The van der Waals surface area contributed by atoms with Gasteiger partial charge in [-0.05, 0) is 0 Å². The number of nitrogens with two attached hydrogens (primary N) is 1. The molecule has 0 radical (unpaired) electrons. The van der Waals surface area contributed by atoms with E-state index in [-0.39, 0.29) is 6.10 Å². The molecule has 2 heterocycles. The lowest BCUT2D eigenvalue weighted by Gasteiger charge is -2.10. The van der Waals surface area contributed by atoms with Crippen LogP contribution in [-0.2, 0) is 4.84 Å². The van der Waals surface area contributed by atoms with E-state index >= 15 is 0 Å². The minimum atomic E-state index is 0.130. The lowest BCUT2D eigenvalue weighted by atomic mass is 10.0. The van der Waals surface area contributed by atoms with Crippen molar-refractivity contribution in [3.63, 3.8) is 0 Å². The molecule has 2 unspecified atom stereocenters. The zero-order valence-corrected chi connectivity index (χ0v) is 5.71. The first-order chi connectivity index (χ1) is 4.92. The van der Waals surface area contributed by atoms with Gasteiger partial charge in [0.05, 0.1) is 11.6 Å². The van der Waals surface area contributed by atoms with Gasteiger partial charge in [-0.1, -0.05) is 5.16 Å². The van der Waals surface area contributed by atoms with Gasteiger partial charge in [0, 0.05) is 19.6 Å². The van der Waals surface area contributed by atoms with Crippen molar-refractivity contribution >= 4 is 5.71 Å². The SMILES string of the molecule is NCC1ON=C2CNCC21. The standard InChI is InChI=1S/C6H11N3O/c7-1-6-4-2-8-3-5(4)9-10-6/h4,6,8H,1-3,7H2. The van der Waals surface area contributed by atoms with E-state index < -0.39 is 0 Å². The van der Waals surface area contributed by atoms with Crippen LogP contribution in [0.15, 0.2) is 5.16 Å². The van der Waals surface area contributed by atoms with Gasteiger partial charge in [0.15, 0.2) is 0 Å². The quantitative estimate of drug-likeness (QED) is 0.488. The van der Waals surface area contributed by atoms with Crippen molar-refractivity contribution in [1.82, 2.24) is 5.32 Å². The summed E-state index contributed by atoms with van der Waals surface area (Å²) in [5.41, 5.74) is 6.60. The maximum atomic E-state index is 5.46. The molecule has 0 aliphatic carbocycles. The van der Waals surface area contributed by atoms with Crippen molar-refractivity contribution in [2.24, 2.45) is 16.8 Å². The molecule has 1 fully saturated rings. The largest absolute Gasteiger partial charge is 0.390 e. The first kappa shape index (κ1) is 6.12. The molecule has 0 spiro atoms. The maximum Gasteiger partial charge on any atom is 0.149 e. The number of rotatable bonds is 1. The number of hydrogen-bond acceptors (Lipinski definition) is 4. The van der Waals surface area contributed by atoms with Crippen LogP contribution in [0, 0.1) is 5.92 Å². The number of oxime groups is 1. The third-order valence-electron chi connectivity index (χ3n) is 2.08. The van der Waals surface area contributed by atoms with Crippen molar-refractivity contribution in [2.45, 2.75) is 6.10 Å². The first-order valence-electron chi connectivity index (χ1n) is 3.55. The van der Waals surface area contributed by atoms with Crippen LogP contribution >= 0.6 is 0 Å². The number of fused-ring (bicyclic) bond motifs is 1. The number of nitrogens with zero attached hydrogens (tertiary/aromatic N) is 1. The molecule has 0 bridgehead atoms. The van der Waals surface area contributed by atoms with Gasteiger partial charge in [0.2, 0.25) is 0 Å². The van der Waals surface area contributed by atoms with Crippen LogP contribution in [0.3, 0.4) is 0 Å². The molecule has 4 nitrogen and oxygen atoms in total. The molecule has 0 aromatic carbocycles. The van der Waals surface area contributed by atoms with Gasteiger partial charge >= 0.3 is 0 Å². The van der Waals surface area contributed by atoms with E-state index in [9.17, 15) is 0 Å². The Balaban J connectivity index is 2.10. The van der Waals surface area contributed by atoms with Crippen LogP contribution in [0.1, 0.15) is 0 Å². The Morgan fingerprint density at radius 3 is 3.50 bits per heavy atom. The van der Waals surface area contributed by atoms with Crippen molar-refractivity contribution in [2.75, 3.05) is 19.6 Å². The van der Waals surface area contributed by atoms with Crippen molar-refractivity contribution in [3.05, 3.63) is 0 Å². The highest BCUT2D eigenvalue weighted by atomic mass is 16.6. The van der Waals surface area contributed by atoms with Gasteiger partial charge < -0.3 is 15.9 Å². The van der Waals surface area contributed by atoms with Gasteiger partial charge in [-0.25, -0.2) is 0 Å². The number of hydrogen-bond donors (Lipinski definition) is 2. The van der Waals surface area contributed by atoms with Crippen molar-refractivity contribution in [3.8, 4) is 0 Å². The molecule has 0 amide bonds. The second-order valence-corrected chi connectivity index (χ2v) is 2.70. The highest BCUT2D eigenvalue weighted by Gasteiger charge is 2.36. The molecule has 0 saturated carbocycles. The van der Waals surface area contributed by atoms with Gasteiger partial charge in [0.25, 0.3) is 0 Å². The molecule has 2 aliphatic heterocycles. The molecule has 10 heavy (non-hydrogen) atoms. The molecule has 1 saturated heterocycles. The van der Waals surface area contributed by atoms with E-state index in [1.54, 1.807) is 0 Å². The van der Waals surface area contributed by atoms with Crippen molar-refractivity contribution in [1.29, 1.82) is 0 Å². The van der Waals surface area contributed by atoms with Crippen LogP contribution in [0.2, 0.25) is 0 Å². The molecule has 2 atom stereocenters. The Hall–Kier alpha value is -0.610. The van der Waals surface area contributed by atoms with E-state index in [1.165, 1.54) is 0 Å². The van der Waals surface area contributed by atoms with E-state index in [4.69, 9.17) is 10.6 Å². The molecule has 2 aliphatic rings. The Morgan fingerprint density at radius 2 is 2.70 bits per heavy atom. The molecule has 3 N–H and O–H groups in total. The van der Waals surface area contributed by atoms with Crippen LogP contribution in [-0.4, -0.2) is 31.4 Å². The zero-order valence-electron chi connectivity index (χ0n) is 5.71.